The van der Waals surface area contributed by atoms with Gasteiger partial charge in [-0.2, -0.15) is 13.2 Å². The van der Waals surface area contributed by atoms with Crippen LogP contribution >= 0.6 is 0 Å². The summed E-state index contributed by atoms with van der Waals surface area (Å²) in [6.07, 6.45) is 4.74. The van der Waals surface area contributed by atoms with E-state index < -0.39 is 11.7 Å². The van der Waals surface area contributed by atoms with Gasteiger partial charge in [0.15, 0.2) is 0 Å². The van der Waals surface area contributed by atoms with Crippen LogP contribution < -0.4 is 10.6 Å². The first-order valence-corrected chi connectivity index (χ1v) is 13.4. The van der Waals surface area contributed by atoms with Crippen LogP contribution in [0.4, 0.5) is 13.2 Å². The summed E-state index contributed by atoms with van der Waals surface area (Å²) in [6, 6.07) is 10.7. The van der Waals surface area contributed by atoms with Crippen LogP contribution in [0.2, 0.25) is 0 Å². The van der Waals surface area contributed by atoms with E-state index in [9.17, 15) is 22.8 Å². The molecule has 2 atom stereocenters. The van der Waals surface area contributed by atoms with Crippen molar-refractivity contribution in [1.29, 1.82) is 0 Å². The number of amides is 2. The topological polar surface area (TPSA) is 75.5 Å². The summed E-state index contributed by atoms with van der Waals surface area (Å²) in [7, 11) is 0. The van der Waals surface area contributed by atoms with Crippen molar-refractivity contribution in [3.63, 3.8) is 0 Å². The van der Waals surface area contributed by atoms with Gasteiger partial charge in [0.1, 0.15) is 11.3 Å². The maximum Gasteiger partial charge on any atom is 0.416 e. The van der Waals surface area contributed by atoms with Crippen LogP contribution in [0.3, 0.4) is 0 Å². The predicted molar refractivity (Wildman–Crippen MR) is 138 cm³/mol. The number of alkyl halides is 3. The number of hydrogen-bond donors (Lipinski definition) is 2. The number of halogens is 3. The maximum atomic E-state index is 13.2. The van der Waals surface area contributed by atoms with E-state index in [1.807, 2.05) is 6.07 Å². The van der Waals surface area contributed by atoms with Crippen LogP contribution in [-0.4, -0.2) is 34.3 Å². The monoisotopic (exact) mass is 526 g/mol. The molecule has 1 aromatic carbocycles. The van der Waals surface area contributed by atoms with Crippen molar-refractivity contribution < 1.29 is 22.8 Å². The largest absolute Gasteiger partial charge is 0.416 e. The van der Waals surface area contributed by atoms with E-state index in [4.69, 9.17) is 0 Å². The van der Waals surface area contributed by atoms with E-state index in [2.05, 4.69) is 15.6 Å². The van der Waals surface area contributed by atoms with Crippen LogP contribution in [0.5, 0.6) is 0 Å². The average molecular weight is 527 g/mol. The van der Waals surface area contributed by atoms with Gasteiger partial charge in [-0.15, -0.1) is 0 Å². The van der Waals surface area contributed by atoms with Crippen LogP contribution in [0, 0.1) is 17.8 Å². The molecular formula is C29H33F3N4O2. The fourth-order valence-corrected chi connectivity index (χ4v) is 5.41. The summed E-state index contributed by atoms with van der Waals surface area (Å²) in [5.74, 6) is 0.876. The quantitative estimate of drug-likeness (QED) is 0.403. The van der Waals surface area contributed by atoms with Crippen molar-refractivity contribution in [3.05, 3.63) is 71.2 Å². The fraction of sp³-hybridized carbons (Fsp3) is 0.483. The number of carbonyl (C=O) groups excluding carboxylic acids is 2. The first kappa shape index (κ1) is 26.3. The second-order valence-electron chi connectivity index (χ2n) is 10.7. The molecular weight excluding hydrogens is 493 g/mol. The molecule has 202 valence electrons. The molecule has 2 aliphatic rings. The Morgan fingerprint density at radius 1 is 0.921 bits per heavy atom. The molecule has 5 rings (SSSR count). The average Bonchev–Trinajstić information content (AvgIpc) is 3.64. The van der Waals surface area contributed by atoms with Gasteiger partial charge in [-0.25, -0.2) is 4.98 Å². The Hall–Kier alpha value is -3.36. The van der Waals surface area contributed by atoms with Gasteiger partial charge in [-0.1, -0.05) is 31.0 Å². The molecule has 9 heteroatoms. The standard InChI is InChI=1S/C29H33F3N4O2/c30-29(31,32)23-12-10-19(11-13-23)14-21-4-1-2-5-22(21)17-34-28(38)25-6-3-7-26-35-24(18-36(25)26)15-27(37)33-16-20-8-9-20/h3,6-7,10-13,18,20-22H,1-2,4-5,8-9,14-17H2,(H,33,37)(H,34,38). The minimum Gasteiger partial charge on any atom is -0.355 e. The van der Waals surface area contributed by atoms with Gasteiger partial charge in [0.05, 0.1) is 17.7 Å². The molecule has 0 bridgehead atoms. The second-order valence-corrected chi connectivity index (χ2v) is 10.7. The smallest absolute Gasteiger partial charge is 0.355 e. The number of nitrogens with one attached hydrogen (secondary N) is 2. The lowest BCUT2D eigenvalue weighted by Gasteiger charge is -2.32. The lowest BCUT2D eigenvalue weighted by Crippen LogP contribution is -2.35. The third-order valence-electron chi connectivity index (χ3n) is 7.77. The zero-order valence-corrected chi connectivity index (χ0v) is 21.3. The SMILES string of the molecule is O=C(Cc1cn2c(C(=O)NCC3CCCCC3Cc3ccc(C(F)(F)F)cc3)cccc2n1)NCC1CC1. The predicted octanol–water partition coefficient (Wildman–Crippen LogP) is 5.20. The lowest BCUT2D eigenvalue weighted by atomic mass is 9.76. The number of aromatic nitrogens is 2. The normalized spacial score (nSPS) is 19.9. The highest BCUT2D eigenvalue weighted by Crippen LogP contribution is 2.34. The highest BCUT2D eigenvalue weighted by molar-refractivity contribution is 5.93. The number of hydrogen-bond acceptors (Lipinski definition) is 3. The van der Waals surface area contributed by atoms with Gasteiger partial charge in [-0.3, -0.25) is 14.0 Å². The Labute approximate surface area is 220 Å². The molecule has 2 N–H and O–H groups in total. The van der Waals surface area contributed by atoms with Gasteiger partial charge in [0.25, 0.3) is 5.91 Å². The van der Waals surface area contributed by atoms with Crippen LogP contribution in [0.15, 0.2) is 48.7 Å². The molecule has 6 nitrogen and oxygen atoms in total. The molecule has 0 aliphatic heterocycles. The van der Waals surface area contributed by atoms with Crippen molar-refractivity contribution in [1.82, 2.24) is 20.0 Å². The van der Waals surface area contributed by atoms with Crippen molar-refractivity contribution in [2.45, 2.75) is 57.5 Å². The molecule has 0 radical (unpaired) electrons. The highest BCUT2D eigenvalue weighted by atomic mass is 19.4. The van der Waals surface area contributed by atoms with Gasteiger partial charge in [0.2, 0.25) is 5.91 Å². The number of imidazole rings is 1. The van der Waals surface area contributed by atoms with E-state index >= 15 is 0 Å². The molecule has 2 fully saturated rings. The molecule has 3 aromatic rings. The number of nitrogens with zero attached hydrogens (tertiary/aromatic N) is 2. The van der Waals surface area contributed by atoms with Crippen LogP contribution in [0.1, 0.15) is 65.8 Å². The van der Waals surface area contributed by atoms with Crippen molar-refractivity contribution >= 4 is 17.5 Å². The zero-order chi connectivity index (χ0) is 26.7. The molecule has 2 aliphatic carbocycles. The summed E-state index contributed by atoms with van der Waals surface area (Å²) < 4.78 is 40.4. The van der Waals surface area contributed by atoms with E-state index in [0.717, 1.165) is 43.4 Å². The van der Waals surface area contributed by atoms with Crippen LogP contribution in [0.25, 0.3) is 5.65 Å². The molecule has 2 heterocycles. The summed E-state index contributed by atoms with van der Waals surface area (Å²) in [5.41, 5.74) is 1.93. The zero-order valence-electron chi connectivity index (χ0n) is 21.3. The van der Waals surface area contributed by atoms with Crippen LogP contribution in [-0.2, 0) is 23.8 Å². The number of pyridine rings is 1. The van der Waals surface area contributed by atoms with E-state index in [1.54, 1.807) is 34.9 Å². The summed E-state index contributed by atoms with van der Waals surface area (Å²) >= 11 is 0. The summed E-state index contributed by atoms with van der Waals surface area (Å²) in [6.45, 7) is 1.21. The van der Waals surface area contributed by atoms with Crippen molar-refractivity contribution in [2.75, 3.05) is 13.1 Å². The number of fused-ring (bicyclic) bond motifs is 1. The van der Waals surface area contributed by atoms with E-state index in [-0.39, 0.29) is 24.2 Å². The summed E-state index contributed by atoms with van der Waals surface area (Å²) in [4.78, 5) is 29.9. The molecule has 2 unspecified atom stereocenters. The third kappa shape index (κ3) is 6.55. The number of carbonyl (C=O) groups is 2. The molecule has 2 saturated carbocycles. The summed E-state index contributed by atoms with van der Waals surface area (Å²) in [5, 5.41) is 6.02. The van der Waals surface area contributed by atoms with Crippen molar-refractivity contribution in [2.24, 2.45) is 17.8 Å². The molecule has 2 amide bonds. The Kier molecular flexibility index (Phi) is 7.72. The number of rotatable bonds is 9. The maximum absolute atomic E-state index is 13.2. The Bertz CT molecular complexity index is 1280. The number of benzene rings is 1. The Morgan fingerprint density at radius 3 is 2.37 bits per heavy atom. The molecule has 2 aromatic heterocycles. The minimum atomic E-state index is -4.34. The van der Waals surface area contributed by atoms with E-state index in [1.165, 1.54) is 12.8 Å². The van der Waals surface area contributed by atoms with Gasteiger partial charge < -0.3 is 10.6 Å². The lowest BCUT2D eigenvalue weighted by molar-refractivity contribution is -0.137. The van der Waals surface area contributed by atoms with E-state index in [0.29, 0.717) is 48.4 Å². The minimum absolute atomic E-state index is 0.0669. The molecule has 0 saturated heterocycles. The third-order valence-corrected chi connectivity index (χ3v) is 7.77. The van der Waals surface area contributed by atoms with Crippen molar-refractivity contribution in [3.8, 4) is 0 Å². The molecule has 38 heavy (non-hydrogen) atoms. The highest BCUT2D eigenvalue weighted by Gasteiger charge is 2.31. The first-order valence-electron chi connectivity index (χ1n) is 13.4. The molecule has 0 spiro atoms. The Morgan fingerprint density at radius 2 is 1.66 bits per heavy atom. The van der Waals surface area contributed by atoms with Gasteiger partial charge in [-0.05, 0) is 79.7 Å². The Balaban J connectivity index is 1.20. The first-order chi connectivity index (χ1) is 18.3. The second kappa shape index (κ2) is 11.2. The fourth-order valence-electron chi connectivity index (χ4n) is 5.41. The van der Waals surface area contributed by atoms with Gasteiger partial charge in [0, 0.05) is 19.3 Å². The van der Waals surface area contributed by atoms with Gasteiger partial charge >= 0.3 is 6.18 Å².